The summed E-state index contributed by atoms with van der Waals surface area (Å²) in [6, 6.07) is 0.139. The summed E-state index contributed by atoms with van der Waals surface area (Å²) in [6.45, 7) is 6.16. The highest BCUT2D eigenvalue weighted by atomic mass is 79.9. The van der Waals surface area contributed by atoms with Crippen LogP contribution in [0, 0.1) is 5.92 Å². The number of halogens is 1. The molecule has 0 fully saturated rings. The molecule has 0 aliphatic heterocycles. The standard InChI is InChI=1S/C14H26BrN5O/c1-10(2)7-11(8-16)18-12-9-17-20(6-5-19(3)4)14(21)13(12)15/h9-11,18H,5-8,16H2,1-4H3. The lowest BCUT2D eigenvalue weighted by Crippen LogP contribution is -2.33. The van der Waals surface area contributed by atoms with Crippen molar-refractivity contribution >= 4 is 21.6 Å². The molecule has 1 heterocycles. The Labute approximate surface area is 134 Å². The molecule has 3 N–H and O–H groups in total. The SMILES string of the molecule is CC(C)CC(CN)Nc1cnn(CCN(C)C)c(=O)c1Br. The highest BCUT2D eigenvalue weighted by Gasteiger charge is 2.14. The highest BCUT2D eigenvalue weighted by molar-refractivity contribution is 9.10. The third-order valence-corrected chi connectivity index (χ3v) is 3.91. The average Bonchev–Trinajstić information content (AvgIpc) is 2.41. The fourth-order valence-electron chi connectivity index (χ4n) is 2.02. The number of anilines is 1. The van der Waals surface area contributed by atoms with Gasteiger partial charge in [-0.1, -0.05) is 13.8 Å². The minimum atomic E-state index is -0.123. The summed E-state index contributed by atoms with van der Waals surface area (Å²) in [7, 11) is 3.93. The predicted octanol–water partition coefficient (Wildman–Crippen LogP) is 1.35. The number of aromatic nitrogens is 2. The van der Waals surface area contributed by atoms with Gasteiger partial charge in [-0.3, -0.25) is 4.79 Å². The van der Waals surface area contributed by atoms with Crippen LogP contribution < -0.4 is 16.6 Å². The molecule has 0 amide bonds. The quantitative estimate of drug-likeness (QED) is 0.732. The summed E-state index contributed by atoms with van der Waals surface area (Å²) in [4.78, 5) is 14.3. The summed E-state index contributed by atoms with van der Waals surface area (Å²) < 4.78 is 1.98. The molecule has 0 aliphatic carbocycles. The van der Waals surface area contributed by atoms with Gasteiger partial charge in [-0.2, -0.15) is 5.10 Å². The van der Waals surface area contributed by atoms with Gasteiger partial charge >= 0.3 is 0 Å². The summed E-state index contributed by atoms with van der Waals surface area (Å²) in [5, 5.41) is 7.52. The first-order chi connectivity index (χ1) is 9.85. The monoisotopic (exact) mass is 359 g/mol. The molecule has 0 bridgehead atoms. The molecule has 7 heteroatoms. The lowest BCUT2D eigenvalue weighted by atomic mass is 10.0. The minimum Gasteiger partial charge on any atom is -0.379 e. The van der Waals surface area contributed by atoms with Gasteiger partial charge in [-0.05, 0) is 42.4 Å². The van der Waals surface area contributed by atoms with Crippen molar-refractivity contribution in [3.63, 3.8) is 0 Å². The van der Waals surface area contributed by atoms with Crippen molar-refractivity contribution in [2.75, 3.05) is 32.5 Å². The Kier molecular flexibility index (Phi) is 7.34. The van der Waals surface area contributed by atoms with Crippen LogP contribution in [-0.2, 0) is 6.54 Å². The van der Waals surface area contributed by atoms with Gasteiger partial charge in [-0.25, -0.2) is 4.68 Å². The van der Waals surface area contributed by atoms with E-state index in [1.54, 1.807) is 6.20 Å². The number of hydrogen-bond acceptors (Lipinski definition) is 5. The van der Waals surface area contributed by atoms with E-state index in [0.717, 1.165) is 13.0 Å². The van der Waals surface area contributed by atoms with Crippen molar-refractivity contribution in [1.29, 1.82) is 0 Å². The molecule has 120 valence electrons. The van der Waals surface area contributed by atoms with Crippen molar-refractivity contribution in [2.24, 2.45) is 11.7 Å². The molecule has 0 aromatic carbocycles. The lowest BCUT2D eigenvalue weighted by molar-refractivity contribution is 0.367. The van der Waals surface area contributed by atoms with E-state index in [4.69, 9.17) is 5.73 Å². The van der Waals surface area contributed by atoms with Crippen molar-refractivity contribution in [1.82, 2.24) is 14.7 Å². The zero-order chi connectivity index (χ0) is 16.0. The van der Waals surface area contributed by atoms with E-state index in [1.807, 2.05) is 19.0 Å². The maximum atomic E-state index is 12.3. The number of likely N-dealkylation sites (N-methyl/N-ethyl adjacent to an activating group) is 1. The van der Waals surface area contributed by atoms with Crippen LogP contribution in [0.4, 0.5) is 5.69 Å². The fourth-order valence-corrected chi connectivity index (χ4v) is 2.44. The molecule has 1 rings (SSSR count). The van der Waals surface area contributed by atoms with Gasteiger partial charge in [0, 0.05) is 19.1 Å². The van der Waals surface area contributed by atoms with Gasteiger partial charge in [0.05, 0.1) is 18.4 Å². The smallest absolute Gasteiger partial charge is 0.283 e. The van der Waals surface area contributed by atoms with E-state index in [-0.39, 0.29) is 11.6 Å². The second-order valence-electron chi connectivity index (χ2n) is 5.91. The fraction of sp³-hybridized carbons (Fsp3) is 0.714. The van der Waals surface area contributed by atoms with Crippen LogP contribution in [0.5, 0.6) is 0 Å². The average molecular weight is 360 g/mol. The molecule has 0 aliphatic rings. The van der Waals surface area contributed by atoms with E-state index < -0.39 is 0 Å². The van der Waals surface area contributed by atoms with Crippen LogP contribution in [-0.4, -0.2) is 47.9 Å². The number of nitrogens with two attached hydrogens (primary N) is 1. The lowest BCUT2D eigenvalue weighted by Gasteiger charge is -2.21. The van der Waals surface area contributed by atoms with Crippen molar-refractivity contribution in [2.45, 2.75) is 32.9 Å². The summed E-state index contributed by atoms with van der Waals surface area (Å²) in [6.07, 6.45) is 2.64. The van der Waals surface area contributed by atoms with Gasteiger partial charge in [-0.15, -0.1) is 0 Å². The number of rotatable bonds is 8. The largest absolute Gasteiger partial charge is 0.379 e. The van der Waals surface area contributed by atoms with Crippen LogP contribution in [0.15, 0.2) is 15.5 Å². The molecule has 1 unspecified atom stereocenters. The van der Waals surface area contributed by atoms with Crippen LogP contribution >= 0.6 is 15.9 Å². The van der Waals surface area contributed by atoms with Gasteiger partial charge < -0.3 is 16.0 Å². The van der Waals surface area contributed by atoms with Crippen LogP contribution in [0.2, 0.25) is 0 Å². The van der Waals surface area contributed by atoms with E-state index in [9.17, 15) is 4.79 Å². The number of hydrogen-bond donors (Lipinski definition) is 2. The van der Waals surface area contributed by atoms with Crippen molar-refractivity contribution < 1.29 is 0 Å². The minimum absolute atomic E-state index is 0.123. The maximum Gasteiger partial charge on any atom is 0.283 e. The topological polar surface area (TPSA) is 76.2 Å². The van der Waals surface area contributed by atoms with Crippen molar-refractivity contribution in [3.8, 4) is 0 Å². The van der Waals surface area contributed by atoms with Crippen LogP contribution in [0.25, 0.3) is 0 Å². The zero-order valence-electron chi connectivity index (χ0n) is 13.3. The summed E-state index contributed by atoms with van der Waals surface area (Å²) in [5.74, 6) is 0.540. The second-order valence-corrected chi connectivity index (χ2v) is 6.70. The van der Waals surface area contributed by atoms with Gasteiger partial charge in [0.15, 0.2) is 0 Å². The normalized spacial score (nSPS) is 13.0. The molecule has 0 saturated carbocycles. The number of nitrogens with zero attached hydrogens (tertiary/aromatic N) is 3. The van der Waals surface area contributed by atoms with Crippen molar-refractivity contribution in [3.05, 3.63) is 21.0 Å². The first-order valence-corrected chi connectivity index (χ1v) is 8.01. The Morgan fingerprint density at radius 1 is 1.48 bits per heavy atom. The van der Waals surface area contributed by atoms with Crippen LogP contribution in [0.1, 0.15) is 20.3 Å². The molecule has 1 aromatic rings. The number of nitrogens with one attached hydrogen (secondary N) is 1. The van der Waals surface area contributed by atoms with Gasteiger partial charge in [0.25, 0.3) is 5.56 Å². The Morgan fingerprint density at radius 3 is 2.67 bits per heavy atom. The summed E-state index contributed by atoms with van der Waals surface area (Å²) in [5.41, 5.74) is 6.36. The first-order valence-electron chi connectivity index (χ1n) is 7.22. The zero-order valence-corrected chi connectivity index (χ0v) is 14.9. The van der Waals surface area contributed by atoms with E-state index in [2.05, 4.69) is 40.2 Å². The Balaban J connectivity index is 2.85. The van der Waals surface area contributed by atoms with E-state index >= 15 is 0 Å². The molecule has 1 atom stereocenters. The van der Waals surface area contributed by atoms with E-state index in [1.165, 1.54) is 4.68 Å². The molecular formula is C14H26BrN5O. The third-order valence-electron chi connectivity index (χ3n) is 3.14. The molecule has 0 saturated heterocycles. The Bertz CT molecular complexity index is 501. The maximum absolute atomic E-state index is 12.3. The Morgan fingerprint density at radius 2 is 2.14 bits per heavy atom. The third kappa shape index (κ3) is 5.76. The molecule has 6 nitrogen and oxygen atoms in total. The predicted molar refractivity (Wildman–Crippen MR) is 90.7 cm³/mol. The van der Waals surface area contributed by atoms with Crippen LogP contribution in [0.3, 0.4) is 0 Å². The van der Waals surface area contributed by atoms with Gasteiger partial charge in [0.2, 0.25) is 0 Å². The Hall–Kier alpha value is -0.920. The molecular weight excluding hydrogens is 334 g/mol. The first kappa shape index (κ1) is 18.1. The molecule has 0 radical (unpaired) electrons. The molecule has 21 heavy (non-hydrogen) atoms. The van der Waals surface area contributed by atoms with Gasteiger partial charge in [0.1, 0.15) is 4.47 Å². The second kappa shape index (κ2) is 8.51. The van der Waals surface area contributed by atoms with E-state index in [0.29, 0.717) is 29.2 Å². The summed E-state index contributed by atoms with van der Waals surface area (Å²) >= 11 is 3.37. The molecule has 0 spiro atoms. The molecule has 1 aromatic heterocycles. The highest BCUT2D eigenvalue weighted by Crippen LogP contribution is 2.19.